The smallest absolute Gasteiger partial charge is 0.332 e. The van der Waals surface area contributed by atoms with Crippen LogP contribution >= 0.6 is 11.8 Å². The monoisotopic (exact) mass is 356 g/mol. The second-order valence-corrected chi connectivity index (χ2v) is 6.46. The highest BCUT2D eigenvalue weighted by molar-refractivity contribution is 8.00. The number of unbranched alkanes of at least 4 members (excludes halogenated alkanes) is 1. The molecule has 2 saturated heterocycles. The first-order valence-corrected chi connectivity index (χ1v) is 7.99. The summed E-state index contributed by atoms with van der Waals surface area (Å²) in [6.45, 7) is 0. The van der Waals surface area contributed by atoms with Gasteiger partial charge in [0, 0.05) is 11.0 Å². The molecular weight excluding hydrogens is 341 g/mol. The molecule has 0 aromatic rings. The lowest BCUT2D eigenvalue weighted by Gasteiger charge is -2.16. The van der Waals surface area contributed by atoms with Crippen molar-refractivity contribution >= 4 is 29.7 Å². The van der Waals surface area contributed by atoms with E-state index in [-0.39, 0.29) is 29.8 Å². The number of thioether (sulfide) groups is 1. The van der Waals surface area contributed by atoms with Gasteiger partial charge in [-0.05, 0) is 12.8 Å². The van der Waals surface area contributed by atoms with Crippen molar-refractivity contribution in [3.63, 3.8) is 0 Å². The van der Waals surface area contributed by atoms with Gasteiger partial charge in [-0.2, -0.15) is 24.9 Å². The lowest BCUT2D eigenvalue weighted by molar-refractivity contribution is -0.285. The minimum absolute atomic E-state index is 0.0622. The number of fused-ring (bicyclic) bond motifs is 1. The van der Waals surface area contributed by atoms with Gasteiger partial charge in [0.1, 0.15) is 0 Å². The molecule has 2 fully saturated rings. The van der Waals surface area contributed by atoms with Crippen molar-refractivity contribution in [3.8, 4) is 0 Å². The molecule has 0 unspecified atom stereocenters. The van der Waals surface area contributed by atoms with Crippen LogP contribution in [-0.2, 0) is 19.4 Å². The summed E-state index contributed by atoms with van der Waals surface area (Å²) in [5, 5.41) is 5.88. The molecule has 2 aliphatic heterocycles. The number of urea groups is 1. The van der Waals surface area contributed by atoms with Gasteiger partial charge < -0.3 is 10.6 Å². The Morgan fingerprint density at radius 3 is 2.65 bits per heavy atom. The number of nitrogens with one attached hydrogen (secondary N) is 2. The highest BCUT2D eigenvalue weighted by Gasteiger charge is 2.43. The van der Waals surface area contributed by atoms with E-state index in [0.717, 1.165) is 12.2 Å². The summed E-state index contributed by atoms with van der Waals surface area (Å²) in [5.74, 6) is -2.78. The van der Waals surface area contributed by atoms with E-state index in [1.54, 1.807) is 11.8 Å². The largest absolute Gasteiger partial charge is 0.495 e. The zero-order valence-corrected chi connectivity index (χ0v) is 12.7. The molecule has 0 radical (unpaired) electrons. The molecule has 2 heterocycles. The normalized spacial score (nSPS) is 26.2. The van der Waals surface area contributed by atoms with Crippen molar-refractivity contribution in [1.82, 2.24) is 10.6 Å². The van der Waals surface area contributed by atoms with Crippen molar-refractivity contribution < 1.29 is 37.3 Å². The van der Waals surface area contributed by atoms with E-state index in [9.17, 15) is 27.6 Å². The molecule has 3 atom stereocenters. The number of alkyl halides is 3. The summed E-state index contributed by atoms with van der Waals surface area (Å²) in [6, 6.07) is -0.00297. The molecule has 0 saturated carbocycles. The highest BCUT2D eigenvalue weighted by atomic mass is 32.2. The van der Waals surface area contributed by atoms with Gasteiger partial charge >= 0.3 is 24.1 Å². The number of hydrogen-bond donors (Lipinski definition) is 2. The summed E-state index contributed by atoms with van der Waals surface area (Å²) >= 11 is 1.72. The molecular formula is C12H15F3N2O5S. The SMILES string of the molecule is O=C1N[C@@H]2[C@@H](CS[C@@H]2CCCCC(=O)OOC(=O)C(F)(F)F)N1. The quantitative estimate of drug-likeness (QED) is 0.334. The van der Waals surface area contributed by atoms with Gasteiger partial charge in [-0.15, -0.1) is 0 Å². The Hall–Kier alpha value is -1.65. The zero-order chi connectivity index (χ0) is 17.0. The summed E-state index contributed by atoms with van der Waals surface area (Å²) < 4.78 is 35.4. The Bertz CT molecular complexity index is 488. The first kappa shape index (κ1) is 17.7. The van der Waals surface area contributed by atoms with Gasteiger partial charge in [0.2, 0.25) is 0 Å². The summed E-state index contributed by atoms with van der Waals surface area (Å²) in [4.78, 5) is 39.9. The molecule has 2 amide bonds. The second-order valence-electron chi connectivity index (χ2n) is 5.19. The summed E-state index contributed by atoms with van der Waals surface area (Å²) in [6.07, 6.45) is -3.57. The molecule has 11 heteroatoms. The van der Waals surface area contributed by atoms with E-state index in [4.69, 9.17) is 0 Å². The zero-order valence-electron chi connectivity index (χ0n) is 11.9. The predicted molar refractivity (Wildman–Crippen MR) is 72.2 cm³/mol. The van der Waals surface area contributed by atoms with Crippen molar-refractivity contribution in [3.05, 3.63) is 0 Å². The molecule has 0 spiro atoms. The van der Waals surface area contributed by atoms with Crippen molar-refractivity contribution in [1.29, 1.82) is 0 Å². The van der Waals surface area contributed by atoms with Crippen molar-refractivity contribution in [2.45, 2.75) is 49.2 Å². The molecule has 2 aliphatic rings. The third-order valence-corrected chi connectivity index (χ3v) is 5.01. The Kier molecular flexibility index (Phi) is 5.60. The summed E-state index contributed by atoms with van der Waals surface area (Å²) in [7, 11) is 0. The maximum atomic E-state index is 11.8. The minimum Gasteiger partial charge on any atom is -0.332 e. The van der Waals surface area contributed by atoms with Crippen LogP contribution in [-0.4, -0.2) is 47.2 Å². The van der Waals surface area contributed by atoms with Gasteiger partial charge in [0.15, 0.2) is 0 Å². The first-order valence-electron chi connectivity index (χ1n) is 6.94. The van der Waals surface area contributed by atoms with Crippen LogP contribution in [0.5, 0.6) is 0 Å². The number of carbonyl (C=O) groups is 3. The lowest BCUT2D eigenvalue weighted by atomic mass is 10.0. The van der Waals surface area contributed by atoms with Gasteiger partial charge in [-0.25, -0.2) is 24.2 Å². The summed E-state index contributed by atoms with van der Waals surface area (Å²) in [5.41, 5.74) is 0. The van der Waals surface area contributed by atoms with Gasteiger partial charge in [0.05, 0.1) is 18.5 Å². The van der Waals surface area contributed by atoms with E-state index in [1.165, 1.54) is 0 Å². The van der Waals surface area contributed by atoms with Crippen LogP contribution in [0.4, 0.5) is 18.0 Å². The van der Waals surface area contributed by atoms with Crippen LogP contribution in [0.15, 0.2) is 0 Å². The first-order chi connectivity index (χ1) is 10.8. The average molecular weight is 356 g/mol. The Labute approximate surface area is 133 Å². The molecule has 130 valence electrons. The Morgan fingerprint density at radius 1 is 1.22 bits per heavy atom. The minimum atomic E-state index is -5.20. The highest BCUT2D eigenvalue weighted by Crippen LogP contribution is 2.33. The standard InChI is InChI=1S/C12H15F3N2O5S/c13-12(14,15)10(19)22-21-8(18)4-2-1-3-7-9-6(5-23-7)16-11(20)17-9/h6-7,9H,1-5H2,(H2,16,17,20)/t6-,7-,9-/m1/s1. The third kappa shape index (κ3) is 4.91. The van der Waals surface area contributed by atoms with E-state index >= 15 is 0 Å². The second kappa shape index (κ2) is 7.28. The van der Waals surface area contributed by atoms with Crippen molar-refractivity contribution in [2.75, 3.05) is 5.75 Å². The fourth-order valence-corrected chi connectivity index (χ4v) is 3.97. The number of carbonyl (C=O) groups excluding carboxylic acids is 3. The topological polar surface area (TPSA) is 93.7 Å². The van der Waals surface area contributed by atoms with E-state index in [2.05, 4.69) is 20.4 Å². The average Bonchev–Trinajstić information content (AvgIpc) is 2.99. The fourth-order valence-electron chi connectivity index (χ4n) is 2.43. The van der Waals surface area contributed by atoms with Crippen LogP contribution in [0.1, 0.15) is 25.7 Å². The predicted octanol–water partition coefficient (Wildman–Crippen LogP) is 1.28. The number of halogens is 3. The van der Waals surface area contributed by atoms with Gasteiger partial charge in [-0.1, -0.05) is 6.42 Å². The van der Waals surface area contributed by atoms with Crippen LogP contribution in [0.2, 0.25) is 0 Å². The van der Waals surface area contributed by atoms with E-state index in [1.807, 2.05) is 0 Å². The van der Waals surface area contributed by atoms with E-state index in [0.29, 0.717) is 12.8 Å². The lowest BCUT2D eigenvalue weighted by Crippen LogP contribution is -2.36. The number of amides is 2. The molecule has 0 aromatic heterocycles. The molecule has 0 aromatic carbocycles. The Morgan fingerprint density at radius 2 is 1.96 bits per heavy atom. The van der Waals surface area contributed by atoms with Crippen LogP contribution in [0.25, 0.3) is 0 Å². The molecule has 2 rings (SSSR count). The maximum Gasteiger partial charge on any atom is 0.495 e. The van der Waals surface area contributed by atoms with Crippen LogP contribution in [0, 0.1) is 0 Å². The number of rotatable bonds is 5. The molecule has 0 aliphatic carbocycles. The molecule has 23 heavy (non-hydrogen) atoms. The maximum absolute atomic E-state index is 11.8. The van der Waals surface area contributed by atoms with Crippen LogP contribution in [0.3, 0.4) is 0 Å². The number of hydrogen-bond acceptors (Lipinski definition) is 6. The molecule has 0 bridgehead atoms. The Balaban J connectivity index is 1.58. The van der Waals surface area contributed by atoms with Gasteiger partial charge in [-0.3, -0.25) is 0 Å². The third-order valence-electron chi connectivity index (χ3n) is 3.50. The molecule has 2 N–H and O–H groups in total. The van der Waals surface area contributed by atoms with E-state index < -0.39 is 18.1 Å². The van der Waals surface area contributed by atoms with Gasteiger partial charge in [0.25, 0.3) is 0 Å². The molecule has 7 nitrogen and oxygen atoms in total. The van der Waals surface area contributed by atoms with Crippen molar-refractivity contribution in [2.24, 2.45) is 0 Å². The van der Waals surface area contributed by atoms with Crippen LogP contribution < -0.4 is 10.6 Å². The fraction of sp³-hybridized carbons (Fsp3) is 0.750.